The number of rotatable bonds is 4. The largest absolute Gasteiger partial charge is 0.393 e. The summed E-state index contributed by atoms with van der Waals surface area (Å²) in [5, 5.41) is 15.3. The van der Waals surface area contributed by atoms with E-state index in [9.17, 15) is 14.7 Å². The minimum Gasteiger partial charge on any atom is -0.393 e. The molecule has 21 heavy (non-hydrogen) atoms. The molecule has 2 fully saturated rings. The van der Waals surface area contributed by atoms with E-state index in [4.69, 9.17) is 0 Å². The Labute approximate surface area is 126 Å². The summed E-state index contributed by atoms with van der Waals surface area (Å²) < 4.78 is 0. The molecule has 0 aromatic heterocycles. The summed E-state index contributed by atoms with van der Waals surface area (Å²) in [5.41, 5.74) is 0. The highest BCUT2D eigenvalue weighted by Crippen LogP contribution is 2.23. The molecule has 5 heteroatoms. The van der Waals surface area contributed by atoms with Gasteiger partial charge in [0.2, 0.25) is 11.8 Å². The Kier molecular flexibility index (Phi) is 6.03. The van der Waals surface area contributed by atoms with E-state index in [2.05, 4.69) is 10.6 Å². The van der Waals surface area contributed by atoms with Gasteiger partial charge in [0.15, 0.2) is 0 Å². The Morgan fingerprint density at radius 1 is 1.00 bits per heavy atom. The van der Waals surface area contributed by atoms with Crippen LogP contribution in [-0.2, 0) is 9.59 Å². The van der Waals surface area contributed by atoms with Gasteiger partial charge in [0.25, 0.3) is 0 Å². The number of amides is 2. The number of aliphatic hydroxyl groups is 1. The van der Waals surface area contributed by atoms with E-state index in [0.29, 0.717) is 0 Å². The molecule has 0 heterocycles. The van der Waals surface area contributed by atoms with Crippen molar-refractivity contribution in [3.8, 4) is 0 Å². The fourth-order valence-corrected chi connectivity index (χ4v) is 3.31. The average molecular weight is 296 g/mol. The van der Waals surface area contributed by atoms with Crippen LogP contribution in [0.3, 0.4) is 0 Å². The monoisotopic (exact) mass is 296 g/mol. The first-order valence-electron chi connectivity index (χ1n) is 8.35. The first kappa shape index (κ1) is 16.3. The van der Waals surface area contributed by atoms with Crippen LogP contribution in [0.15, 0.2) is 0 Å². The van der Waals surface area contributed by atoms with Crippen LogP contribution < -0.4 is 10.6 Å². The smallest absolute Gasteiger partial charge is 0.242 e. The molecule has 2 amide bonds. The van der Waals surface area contributed by atoms with Gasteiger partial charge in [0.05, 0.1) is 6.10 Å². The summed E-state index contributed by atoms with van der Waals surface area (Å²) >= 11 is 0. The van der Waals surface area contributed by atoms with Crippen molar-refractivity contribution in [2.75, 3.05) is 0 Å². The first-order valence-corrected chi connectivity index (χ1v) is 8.35. The van der Waals surface area contributed by atoms with Crippen LogP contribution in [0.1, 0.15) is 64.7 Å². The standard InChI is InChI=1S/C16H28N2O3/c1-11(17-16(21)12-5-3-2-4-6-12)15(20)18-13-7-9-14(19)10-8-13/h11-14,19H,2-10H2,1H3,(H,17,21)(H,18,20). The average Bonchev–Trinajstić information content (AvgIpc) is 2.50. The summed E-state index contributed by atoms with van der Waals surface area (Å²) in [6.45, 7) is 1.74. The minimum absolute atomic E-state index is 0.0245. The molecular weight excluding hydrogens is 268 g/mol. The van der Waals surface area contributed by atoms with Crippen molar-refractivity contribution in [2.24, 2.45) is 5.92 Å². The number of hydrogen-bond acceptors (Lipinski definition) is 3. The van der Waals surface area contributed by atoms with Crippen LogP contribution in [0.5, 0.6) is 0 Å². The molecule has 2 aliphatic rings. The van der Waals surface area contributed by atoms with Crippen molar-refractivity contribution >= 4 is 11.8 Å². The Morgan fingerprint density at radius 3 is 2.24 bits per heavy atom. The molecule has 0 aromatic rings. The highest BCUT2D eigenvalue weighted by atomic mass is 16.3. The molecule has 0 saturated heterocycles. The third kappa shape index (κ3) is 4.99. The van der Waals surface area contributed by atoms with E-state index in [1.807, 2.05) is 0 Å². The maximum atomic E-state index is 12.1. The Hall–Kier alpha value is -1.10. The molecule has 0 bridgehead atoms. The zero-order valence-corrected chi connectivity index (χ0v) is 12.9. The van der Waals surface area contributed by atoms with Crippen molar-refractivity contribution in [3.05, 3.63) is 0 Å². The topological polar surface area (TPSA) is 78.4 Å². The van der Waals surface area contributed by atoms with Crippen LogP contribution in [0.2, 0.25) is 0 Å². The maximum Gasteiger partial charge on any atom is 0.242 e. The van der Waals surface area contributed by atoms with E-state index < -0.39 is 6.04 Å². The lowest BCUT2D eigenvalue weighted by molar-refractivity contribution is -0.131. The summed E-state index contributed by atoms with van der Waals surface area (Å²) in [6, 6.07) is -0.346. The SMILES string of the molecule is CC(NC(=O)C1CCCCC1)C(=O)NC1CCC(O)CC1. The van der Waals surface area contributed by atoms with Crippen LogP contribution in [0, 0.1) is 5.92 Å². The lowest BCUT2D eigenvalue weighted by Crippen LogP contribution is -2.50. The number of carbonyl (C=O) groups is 2. The minimum atomic E-state index is -0.480. The van der Waals surface area contributed by atoms with Gasteiger partial charge in [-0.15, -0.1) is 0 Å². The maximum absolute atomic E-state index is 12.1. The van der Waals surface area contributed by atoms with E-state index in [-0.39, 0.29) is 29.9 Å². The predicted octanol–water partition coefficient (Wildman–Crippen LogP) is 1.49. The molecule has 1 atom stereocenters. The number of aliphatic hydroxyl groups excluding tert-OH is 1. The van der Waals surface area contributed by atoms with Gasteiger partial charge >= 0.3 is 0 Å². The second-order valence-corrected chi connectivity index (χ2v) is 6.58. The highest BCUT2D eigenvalue weighted by molar-refractivity contribution is 5.88. The molecule has 1 unspecified atom stereocenters. The number of hydrogen-bond donors (Lipinski definition) is 3. The van der Waals surface area contributed by atoms with Gasteiger partial charge in [0, 0.05) is 12.0 Å². The van der Waals surface area contributed by atoms with Gasteiger partial charge in [-0.3, -0.25) is 9.59 Å². The second-order valence-electron chi connectivity index (χ2n) is 6.58. The molecule has 2 rings (SSSR count). The molecular formula is C16H28N2O3. The van der Waals surface area contributed by atoms with Gasteiger partial charge in [-0.05, 0) is 45.4 Å². The molecule has 0 aromatic carbocycles. The normalized spacial score (nSPS) is 28.7. The van der Waals surface area contributed by atoms with Crippen LogP contribution >= 0.6 is 0 Å². The van der Waals surface area contributed by atoms with E-state index in [0.717, 1.165) is 51.4 Å². The van der Waals surface area contributed by atoms with Gasteiger partial charge in [-0.25, -0.2) is 0 Å². The zero-order valence-electron chi connectivity index (χ0n) is 12.9. The van der Waals surface area contributed by atoms with Gasteiger partial charge in [0.1, 0.15) is 6.04 Å². The molecule has 0 spiro atoms. The molecule has 2 aliphatic carbocycles. The van der Waals surface area contributed by atoms with Gasteiger partial charge in [-0.2, -0.15) is 0 Å². The van der Waals surface area contributed by atoms with Crippen LogP contribution in [0.25, 0.3) is 0 Å². The van der Waals surface area contributed by atoms with E-state index in [1.54, 1.807) is 6.92 Å². The lowest BCUT2D eigenvalue weighted by Gasteiger charge is -2.28. The van der Waals surface area contributed by atoms with Gasteiger partial charge < -0.3 is 15.7 Å². The first-order chi connectivity index (χ1) is 10.1. The molecule has 2 saturated carbocycles. The van der Waals surface area contributed by atoms with Crippen molar-refractivity contribution in [1.29, 1.82) is 0 Å². The second kappa shape index (κ2) is 7.78. The molecule has 0 aliphatic heterocycles. The summed E-state index contributed by atoms with van der Waals surface area (Å²) in [7, 11) is 0. The zero-order chi connectivity index (χ0) is 15.2. The van der Waals surface area contributed by atoms with Crippen LogP contribution in [-0.4, -0.2) is 35.1 Å². The molecule has 0 radical (unpaired) electrons. The Balaban J connectivity index is 1.72. The Morgan fingerprint density at radius 2 is 1.62 bits per heavy atom. The van der Waals surface area contributed by atoms with Gasteiger partial charge in [-0.1, -0.05) is 19.3 Å². The predicted molar refractivity (Wildman–Crippen MR) is 80.6 cm³/mol. The highest BCUT2D eigenvalue weighted by Gasteiger charge is 2.26. The van der Waals surface area contributed by atoms with Crippen molar-refractivity contribution in [1.82, 2.24) is 10.6 Å². The summed E-state index contributed by atoms with van der Waals surface area (Å²) in [4.78, 5) is 24.2. The third-order valence-electron chi connectivity index (χ3n) is 4.77. The molecule has 5 nitrogen and oxygen atoms in total. The van der Waals surface area contributed by atoms with Crippen LogP contribution in [0.4, 0.5) is 0 Å². The quantitative estimate of drug-likeness (QED) is 0.735. The lowest BCUT2D eigenvalue weighted by atomic mass is 9.88. The van der Waals surface area contributed by atoms with Crippen molar-refractivity contribution in [3.63, 3.8) is 0 Å². The molecule has 120 valence electrons. The van der Waals surface area contributed by atoms with Crippen molar-refractivity contribution in [2.45, 2.75) is 82.9 Å². The van der Waals surface area contributed by atoms with E-state index in [1.165, 1.54) is 6.42 Å². The van der Waals surface area contributed by atoms with Crippen molar-refractivity contribution < 1.29 is 14.7 Å². The number of nitrogens with one attached hydrogen (secondary N) is 2. The fraction of sp³-hybridized carbons (Fsp3) is 0.875. The summed E-state index contributed by atoms with van der Waals surface area (Å²) in [5.74, 6) is -0.00390. The van der Waals surface area contributed by atoms with E-state index >= 15 is 0 Å². The third-order valence-corrected chi connectivity index (χ3v) is 4.77. The fourth-order valence-electron chi connectivity index (χ4n) is 3.31. The number of carbonyl (C=O) groups excluding carboxylic acids is 2. The Bertz CT molecular complexity index is 359. The summed E-state index contributed by atoms with van der Waals surface area (Å²) in [6.07, 6.45) is 8.23. The molecule has 3 N–H and O–H groups in total.